The minimum Gasteiger partial charge on any atom is -0.383 e. The van der Waals surface area contributed by atoms with E-state index in [0.29, 0.717) is 11.5 Å². The van der Waals surface area contributed by atoms with E-state index in [0.717, 1.165) is 25.7 Å². The van der Waals surface area contributed by atoms with Gasteiger partial charge in [0.15, 0.2) is 0 Å². The van der Waals surface area contributed by atoms with Gasteiger partial charge in [0.1, 0.15) is 0 Å². The van der Waals surface area contributed by atoms with Crippen molar-refractivity contribution >= 4 is 0 Å². The maximum Gasteiger partial charge on any atom is 0.0628 e. The maximum absolute atomic E-state index is 5.33. The van der Waals surface area contributed by atoms with Gasteiger partial charge in [-0.15, -0.1) is 0 Å². The van der Waals surface area contributed by atoms with E-state index < -0.39 is 0 Å². The third-order valence-corrected chi connectivity index (χ3v) is 4.49. The monoisotopic (exact) mass is 270 g/mol. The summed E-state index contributed by atoms with van der Waals surface area (Å²) < 4.78 is 5.33. The van der Waals surface area contributed by atoms with Crippen LogP contribution >= 0.6 is 0 Å². The molecule has 1 rings (SSSR count). The predicted octanol–water partition coefficient (Wildman–Crippen LogP) is 2.90. The third-order valence-electron chi connectivity index (χ3n) is 4.49. The summed E-state index contributed by atoms with van der Waals surface area (Å²) in [6, 6.07) is 1.22. The minimum atomic E-state index is 0.463. The summed E-state index contributed by atoms with van der Waals surface area (Å²) in [6.07, 6.45) is 6.59. The summed E-state index contributed by atoms with van der Waals surface area (Å²) in [5, 5.41) is 3.59. The Labute approximate surface area is 120 Å². The highest BCUT2D eigenvalue weighted by atomic mass is 16.5. The molecular formula is C16H34N2O. The van der Waals surface area contributed by atoms with Crippen molar-refractivity contribution in [3.63, 3.8) is 0 Å². The van der Waals surface area contributed by atoms with Gasteiger partial charge >= 0.3 is 0 Å². The molecule has 0 spiro atoms. The Morgan fingerprint density at radius 1 is 1.32 bits per heavy atom. The van der Waals surface area contributed by atoms with Crippen LogP contribution in [-0.2, 0) is 4.74 Å². The summed E-state index contributed by atoms with van der Waals surface area (Å²) >= 11 is 0. The second-order valence-corrected chi connectivity index (χ2v) is 6.94. The molecule has 1 saturated carbocycles. The maximum atomic E-state index is 5.33. The van der Waals surface area contributed by atoms with Crippen molar-refractivity contribution in [2.75, 3.05) is 33.9 Å². The lowest BCUT2D eigenvalue weighted by Gasteiger charge is -2.39. The van der Waals surface area contributed by atoms with Crippen LogP contribution in [0.25, 0.3) is 0 Å². The van der Waals surface area contributed by atoms with E-state index in [9.17, 15) is 0 Å². The molecule has 1 unspecified atom stereocenters. The minimum absolute atomic E-state index is 0.463. The van der Waals surface area contributed by atoms with Gasteiger partial charge in [0.05, 0.1) is 6.61 Å². The molecule has 3 heteroatoms. The molecule has 0 aromatic heterocycles. The highest BCUT2D eigenvalue weighted by molar-refractivity contribution is 4.84. The molecule has 0 radical (unpaired) electrons. The molecule has 19 heavy (non-hydrogen) atoms. The van der Waals surface area contributed by atoms with E-state index in [1.807, 2.05) is 0 Å². The Morgan fingerprint density at radius 3 is 2.47 bits per heavy atom. The summed E-state index contributed by atoms with van der Waals surface area (Å²) in [6.45, 7) is 10.0. The second-order valence-electron chi connectivity index (χ2n) is 6.94. The smallest absolute Gasteiger partial charge is 0.0628 e. The summed E-state index contributed by atoms with van der Waals surface area (Å²) in [5.41, 5.74) is 0.559. The lowest BCUT2D eigenvalue weighted by Crippen LogP contribution is -2.47. The normalized spacial score (nSPS) is 21.8. The molecule has 3 nitrogen and oxygen atoms in total. The number of likely N-dealkylation sites (N-methyl/N-ethyl adjacent to an activating group) is 1. The summed E-state index contributed by atoms with van der Waals surface area (Å²) in [7, 11) is 4.07. The van der Waals surface area contributed by atoms with Gasteiger partial charge in [0.2, 0.25) is 0 Å². The fourth-order valence-electron chi connectivity index (χ4n) is 3.05. The topological polar surface area (TPSA) is 24.5 Å². The van der Waals surface area contributed by atoms with Gasteiger partial charge in [-0.2, -0.15) is 0 Å². The van der Waals surface area contributed by atoms with Crippen molar-refractivity contribution in [1.29, 1.82) is 0 Å². The Bertz CT molecular complexity index is 233. The molecule has 1 fully saturated rings. The number of hydrogen-bond donors (Lipinski definition) is 1. The van der Waals surface area contributed by atoms with Crippen LogP contribution in [0.2, 0.25) is 0 Å². The van der Waals surface area contributed by atoms with E-state index >= 15 is 0 Å². The van der Waals surface area contributed by atoms with Gasteiger partial charge in [-0.1, -0.05) is 20.8 Å². The number of rotatable bonds is 8. The van der Waals surface area contributed by atoms with Crippen molar-refractivity contribution in [3.8, 4) is 0 Å². The Morgan fingerprint density at radius 2 is 1.95 bits per heavy atom. The van der Waals surface area contributed by atoms with Crippen molar-refractivity contribution in [1.82, 2.24) is 10.2 Å². The van der Waals surface area contributed by atoms with Crippen LogP contribution in [0.4, 0.5) is 0 Å². The molecule has 1 atom stereocenters. The predicted molar refractivity (Wildman–Crippen MR) is 82.6 cm³/mol. The number of nitrogens with zero attached hydrogens (tertiary/aromatic N) is 1. The largest absolute Gasteiger partial charge is 0.383 e. The number of methoxy groups -OCH3 is 1. The van der Waals surface area contributed by atoms with E-state index in [-0.39, 0.29) is 0 Å². The van der Waals surface area contributed by atoms with Gasteiger partial charge in [-0.05, 0) is 51.1 Å². The zero-order chi connectivity index (χ0) is 14.3. The molecular weight excluding hydrogens is 236 g/mol. The molecule has 0 aliphatic heterocycles. The first-order valence-corrected chi connectivity index (χ1v) is 7.91. The lowest BCUT2D eigenvalue weighted by molar-refractivity contribution is 0.0967. The molecule has 1 aliphatic rings. The Kier molecular flexibility index (Phi) is 7.33. The van der Waals surface area contributed by atoms with E-state index in [2.05, 4.69) is 38.0 Å². The van der Waals surface area contributed by atoms with E-state index in [1.165, 1.54) is 32.1 Å². The molecule has 0 saturated heterocycles. The van der Waals surface area contributed by atoms with Crippen LogP contribution in [0.1, 0.15) is 52.9 Å². The fourth-order valence-corrected chi connectivity index (χ4v) is 3.05. The highest BCUT2D eigenvalue weighted by Crippen LogP contribution is 2.36. The summed E-state index contributed by atoms with van der Waals surface area (Å²) in [4.78, 5) is 2.54. The quantitative estimate of drug-likeness (QED) is 0.734. The van der Waals surface area contributed by atoms with Crippen molar-refractivity contribution in [2.24, 2.45) is 5.41 Å². The van der Waals surface area contributed by atoms with Gasteiger partial charge < -0.3 is 15.0 Å². The van der Waals surface area contributed by atoms with Crippen molar-refractivity contribution < 1.29 is 4.74 Å². The average molecular weight is 270 g/mol. The van der Waals surface area contributed by atoms with Crippen LogP contribution in [-0.4, -0.2) is 50.8 Å². The summed E-state index contributed by atoms with van der Waals surface area (Å²) in [5.74, 6) is 0. The van der Waals surface area contributed by atoms with E-state index in [1.54, 1.807) is 7.11 Å². The van der Waals surface area contributed by atoms with Gasteiger partial charge in [-0.25, -0.2) is 0 Å². The Balaban J connectivity index is 2.36. The lowest BCUT2D eigenvalue weighted by atomic mass is 9.75. The Hall–Kier alpha value is -0.120. The fraction of sp³-hybridized carbons (Fsp3) is 1.00. The molecule has 1 N–H and O–H groups in total. The second kappa shape index (κ2) is 8.23. The number of ether oxygens (including phenoxy) is 1. The molecule has 1 aliphatic carbocycles. The molecule has 0 aromatic rings. The molecule has 0 heterocycles. The first kappa shape index (κ1) is 16.9. The van der Waals surface area contributed by atoms with Gasteiger partial charge in [-0.3, -0.25) is 0 Å². The highest BCUT2D eigenvalue weighted by Gasteiger charge is 2.29. The molecule has 114 valence electrons. The van der Waals surface area contributed by atoms with Gasteiger partial charge in [0.25, 0.3) is 0 Å². The first-order chi connectivity index (χ1) is 8.98. The van der Waals surface area contributed by atoms with Crippen LogP contribution in [0, 0.1) is 5.41 Å². The SMILES string of the molecule is CCCNC(COC)CN(C)C1CCC(C)(C)CC1. The first-order valence-electron chi connectivity index (χ1n) is 7.91. The van der Waals surface area contributed by atoms with Gasteiger partial charge in [0, 0.05) is 25.7 Å². The molecule has 0 aromatic carbocycles. The zero-order valence-corrected chi connectivity index (χ0v) is 13.7. The van der Waals surface area contributed by atoms with Crippen LogP contribution < -0.4 is 5.32 Å². The molecule has 0 amide bonds. The van der Waals surface area contributed by atoms with Crippen LogP contribution in [0.3, 0.4) is 0 Å². The zero-order valence-electron chi connectivity index (χ0n) is 13.7. The van der Waals surface area contributed by atoms with Crippen LogP contribution in [0.5, 0.6) is 0 Å². The van der Waals surface area contributed by atoms with Crippen molar-refractivity contribution in [3.05, 3.63) is 0 Å². The number of nitrogens with one attached hydrogen (secondary N) is 1. The van der Waals surface area contributed by atoms with E-state index in [4.69, 9.17) is 4.74 Å². The standard InChI is InChI=1S/C16H34N2O/c1-6-11-17-14(13-19-5)12-18(4)15-7-9-16(2,3)10-8-15/h14-15,17H,6-13H2,1-5H3. The molecule has 0 bridgehead atoms. The average Bonchev–Trinajstić information content (AvgIpc) is 2.36. The van der Waals surface area contributed by atoms with Crippen LogP contribution in [0.15, 0.2) is 0 Å². The third kappa shape index (κ3) is 6.24. The number of hydrogen-bond acceptors (Lipinski definition) is 3. The van der Waals surface area contributed by atoms with Crippen molar-refractivity contribution in [2.45, 2.75) is 65.0 Å².